The van der Waals surface area contributed by atoms with Crippen molar-refractivity contribution in [2.75, 3.05) is 73.6 Å². The third-order valence-electron chi connectivity index (χ3n) is 13.1. The van der Waals surface area contributed by atoms with Gasteiger partial charge in [-0.25, -0.2) is 0 Å². The second-order valence-corrected chi connectivity index (χ2v) is 16.5. The van der Waals surface area contributed by atoms with Crippen LogP contribution in [0, 0.1) is 17.2 Å². The summed E-state index contributed by atoms with van der Waals surface area (Å²) in [6.45, 7) is 9.92. The van der Waals surface area contributed by atoms with Gasteiger partial charge in [-0.05, 0) is 128 Å². The number of nitrogens with one attached hydrogen (secondary N) is 1. The highest BCUT2D eigenvalue weighted by Gasteiger charge is 2.39. The first-order valence-corrected chi connectivity index (χ1v) is 20.3. The molecule has 1 N–H and O–H groups in total. The third kappa shape index (κ3) is 7.06. The number of hydrogen-bond acceptors (Lipinski definition) is 8. The van der Waals surface area contributed by atoms with E-state index >= 15 is 0 Å². The highest BCUT2D eigenvalue weighted by Crippen LogP contribution is 2.43. The summed E-state index contributed by atoms with van der Waals surface area (Å²) in [4.78, 5) is 49.0. The molecule has 5 heterocycles. The maximum absolute atomic E-state index is 13.1. The van der Waals surface area contributed by atoms with Gasteiger partial charge in [0, 0.05) is 94.5 Å². The van der Waals surface area contributed by atoms with Crippen LogP contribution in [-0.2, 0) is 16.1 Å². The van der Waals surface area contributed by atoms with Gasteiger partial charge in [-0.2, -0.15) is 5.26 Å². The number of imide groups is 1. The number of hydrogen-bond donors (Lipinski definition) is 1. The molecule has 54 heavy (non-hydrogen) atoms. The standard InChI is InChI=1S/C44H51N7O3/c45-27-34-5-8-38(26-40(34)33-1-2-33)49-19-15-32(16-20-49)31-3-6-36(7-4-31)48-17-13-30(14-18-48)28-47-21-23-50(24-22-47)37-9-10-39-35(25-37)29-51(44(39)54)41-11-12-42(52)46-43(41)53/h3-10,25-26,30,32-33,41H,1-2,11-24,28-29H2,(H,46,52,53). The Kier molecular flexibility index (Phi) is 9.52. The summed E-state index contributed by atoms with van der Waals surface area (Å²) < 4.78 is 0. The molecule has 5 aliphatic heterocycles. The minimum atomic E-state index is -0.579. The molecular formula is C44H51N7O3. The Morgan fingerprint density at radius 2 is 1.31 bits per heavy atom. The minimum Gasteiger partial charge on any atom is -0.372 e. The molecule has 3 aromatic carbocycles. The van der Waals surface area contributed by atoms with Crippen molar-refractivity contribution in [2.24, 2.45) is 5.92 Å². The Balaban J connectivity index is 0.715. The molecule has 3 aromatic rings. The lowest BCUT2D eigenvalue weighted by atomic mass is 9.88. The van der Waals surface area contributed by atoms with Crippen molar-refractivity contribution in [3.63, 3.8) is 0 Å². The number of carbonyl (C=O) groups is 3. The summed E-state index contributed by atoms with van der Waals surface area (Å²) in [5, 5.41) is 11.9. The monoisotopic (exact) mass is 725 g/mol. The van der Waals surface area contributed by atoms with Crippen LogP contribution in [-0.4, -0.2) is 92.5 Å². The van der Waals surface area contributed by atoms with E-state index in [0.29, 0.717) is 30.4 Å². The Bertz CT molecular complexity index is 1950. The van der Waals surface area contributed by atoms with Gasteiger partial charge in [0.05, 0.1) is 11.6 Å². The molecule has 1 atom stereocenters. The molecule has 6 aliphatic rings. The molecule has 0 bridgehead atoms. The second-order valence-electron chi connectivity index (χ2n) is 16.5. The second kappa shape index (κ2) is 14.7. The van der Waals surface area contributed by atoms with Crippen molar-refractivity contribution in [2.45, 2.75) is 75.8 Å². The molecule has 1 unspecified atom stereocenters. The van der Waals surface area contributed by atoms with Crippen molar-refractivity contribution < 1.29 is 14.4 Å². The molecule has 9 rings (SSSR count). The van der Waals surface area contributed by atoms with Crippen LogP contribution in [0.25, 0.3) is 0 Å². The number of anilines is 3. The summed E-state index contributed by atoms with van der Waals surface area (Å²) in [5.41, 5.74) is 8.99. The maximum Gasteiger partial charge on any atom is 0.255 e. The predicted octanol–water partition coefficient (Wildman–Crippen LogP) is 5.62. The lowest BCUT2D eigenvalue weighted by molar-refractivity contribution is -0.136. The van der Waals surface area contributed by atoms with Gasteiger partial charge in [0.1, 0.15) is 6.04 Å². The largest absolute Gasteiger partial charge is 0.372 e. The zero-order chi connectivity index (χ0) is 36.8. The summed E-state index contributed by atoms with van der Waals surface area (Å²) in [5.74, 6) is 1.17. The van der Waals surface area contributed by atoms with E-state index in [4.69, 9.17) is 0 Å². The van der Waals surface area contributed by atoms with Crippen molar-refractivity contribution in [1.29, 1.82) is 5.26 Å². The fraction of sp³-hybridized carbons (Fsp3) is 0.500. The third-order valence-corrected chi connectivity index (χ3v) is 13.1. The average molecular weight is 726 g/mol. The molecule has 1 aliphatic carbocycles. The smallest absolute Gasteiger partial charge is 0.255 e. The number of benzene rings is 3. The van der Waals surface area contributed by atoms with Gasteiger partial charge < -0.3 is 19.6 Å². The molecule has 0 radical (unpaired) electrons. The van der Waals surface area contributed by atoms with Crippen LogP contribution >= 0.6 is 0 Å². The van der Waals surface area contributed by atoms with E-state index in [-0.39, 0.29) is 24.1 Å². The molecule has 3 amide bonds. The predicted molar refractivity (Wildman–Crippen MR) is 210 cm³/mol. The van der Waals surface area contributed by atoms with E-state index in [1.807, 2.05) is 18.2 Å². The zero-order valence-electron chi connectivity index (χ0n) is 31.2. The first-order chi connectivity index (χ1) is 26.4. The highest BCUT2D eigenvalue weighted by atomic mass is 16.2. The minimum absolute atomic E-state index is 0.116. The SMILES string of the molecule is N#Cc1ccc(N2CCC(c3ccc(N4CCC(CN5CCN(c6ccc7c(c6)CN(C6CCC(=O)NC6=O)C7=O)CC5)CC4)cc3)CC2)cc1C1CC1. The number of nitriles is 1. The van der Waals surface area contributed by atoms with Crippen molar-refractivity contribution in [1.82, 2.24) is 15.1 Å². The van der Waals surface area contributed by atoms with Crippen LogP contribution in [0.4, 0.5) is 17.1 Å². The average Bonchev–Trinajstić information content (AvgIpc) is 4.01. The van der Waals surface area contributed by atoms with Gasteiger partial charge in [-0.3, -0.25) is 24.6 Å². The van der Waals surface area contributed by atoms with Gasteiger partial charge in [0.15, 0.2) is 0 Å². The van der Waals surface area contributed by atoms with Gasteiger partial charge in [-0.15, -0.1) is 0 Å². The maximum atomic E-state index is 13.1. The lowest BCUT2D eigenvalue weighted by Gasteiger charge is -2.40. The molecule has 10 heteroatoms. The summed E-state index contributed by atoms with van der Waals surface area (Å²) in [7, 11) is 0. The molecule has 0 spiro atoms. The van der Waals surface area contributed by atoms with Crippen LogP contribution in [0.5, 0.6) is 0 Å². The first kappa shape index (κ1) is 34.9. The summed E-state index contributed by atoms with van der Waals surface area (Å²) >= 11 is 0. The van der Waals surface area contributed by atoms with Crippen LogP contribution in [0.15, 0.2) is 60.7 Å². The van der Waals surface area contributed by atoms with Crippen molar-refractivity contribution in [3.05, 3.63) is 88.5 Å². The normalized spacial score (nSPS) is 23.1. The Morgan fingerprint density at radius 3 is 2.02 bits per heavy atom. The molecule has 4 saturated heterocycles. The van der Waals surface area contributed by atoms with E-state index < -0.39 is 6.04 Å². The topological polar surface area (TPSA) is 103 Å². The zero-order valence-corrected chi connectivity index (χ0v) is 31.2. The van der Waals surface area contributed by atoms with Crippen LogP contribution in [0.1, 0.15) is 95.8 Å². The van der Waals surface area contributed by atoms with E-state index in [1.54, 1.807) is 4.90 Å². The van der Waals surface area contributed by atoms with Crippen LogP contribution < -0.4 is 20.0 Å². The number of piperidine rings is 3. The Labute approximate surface area is 318 Å². The van der Waals surface area contributed by atoms with E-state index in [2.05, 4.69) is 73.5 Å². The molecule has 0 aromatic heterocycles. The van der Waals surface area contributed by atoms with Gasteiger partial charge in [0.25, 0.3) is 5.91 Å². The number of fused-ring (bicyclic) bond motifs is 1. The number of rotatable bonds is 8. The van der Waals surface area contributed by atoms with E-state index in [0.717, 1.165) is 94.5 Å². The Morgan fingerprint density at radius 1 is 0.667 bits per heavy atom. The van der Waals surface area contributed by atoms with E-state index in [1.165, 1.54) is 48.2 Å². The van der Waals surface area contributed by atoms with Gasteiger partial charge in [0.2, 0.25) is 11.8 Å². The first-order valence-electron chi connectivity index (χ1n) is 20.3. The van der Waals surface area contributed by atoms with Gasteiger partial charge >= 0.3 is 0 Å². The number of carbonyl (C=O) groups excluding carboxylic acids is 3. The number of nitrogens with zero attached hydrogens (tertiary/aromatic N) is 6. The fourth-order valence-corrected chi connectivity index (χ4v) is 9.69. The molecule has 280 valence electrons. The lowest BCUT2D eigenvalue weighted by Crippen LogP contribution is -2.52. The molecule has 1 saturated carbocycles. The molecular weight excluding hydrogens is 675 g/mol. The fourth-order valence-electron chi connectivity index (χ4n) is 9.69. The molecule has 5 fully saturated rings. The quantitative estimate of drug-likeness (QED) is 0.299. The van der Waals surface area contributed by atoms with Crippen LogP contribution in [0.2, 0.25) is 0 Å². The van der Waals surface area contributed by atoms with E-state index in [9.17, 15) is 19.6 Å². The molecule has 10 nitrogen and oxygen atoms in total. The number of piperazine rings is 1. The highest BCUT2D eigenvalue weighted by molar-refractivity contribution is 6.05. The van der Waals surface area contributed by atoms with Crippen molar-refractivity contribution >= 4 is 34.8 Å². The van der Waals surface area contributed by atoms with Crippen molar-refractivity contribution in [3.8, 4) is 6.07 Å². The summed E-state index contributed by atoms with van der Waals surface area (Å²) in [6.07, 6.45) is 7.86. The van der Waals surface area contributed by atoms with Crippen LogP contribution in [0.3, 0.4) is 0 Å². The van der Waals surface area contributed by atoms with Gasteiger partial charge in [-0.1, -0.05) is 12.1 Å². The summed E-state index contributed by atoms with van der Waals surface area (Å²) in [6, 6.07) is 23.8. The Hall–Kier alpha value is -4.88. The number of amides is 3.